The van der Waals surface area contributed by atoms with Crippen LogP contribution in [0.4, 0.5) is 0 Å². The van der Waals surface area contributed by atoms with Gasteiger partial charge in [-0.1, -0.05) is 0 Å². The molecule has 1 aromatic heterocycles. The largest absolute Gasteiger partial charge is 0.147 e. The number of hydrogen-bond acceptors (Lipinski definition) is 1. The normalized spacial score (nSPS) is 13.4. The number of benzene rings is 2. The first-order valence-electron chi connectivity index (χ1n) is 9.54. The van der Waals surface area contributed by atoms with Gasteiger partial charge in [0.2, 0.25) is 0 Å². The van der Waals surface area contributed by atoms with Gasteiger partial charge in [-0.05, 0) is 0 Å². The van der Waals surface area contributed by atoms with Gasteiger partial charge in [-0.2, -0.15) is 0 Å². The molecule has 29 heavy (non-hydrogen) atoms. The third-order valence-corrected chi connectivity index (χ3v) is 13.3. The summed E-state index contributed by atoms with van der Waals surface area (Å²) in [5.41, 5.74) is 8.59. The van der Waals surface area contributed by atoms with Crippen molar-refractivity contribution < 1.29 is 25.7 Å². The van der Waals surface area contributed by atoms with E-state index < -0.39 is 21.3 Å². The van der Waals surface area contributed by atoms with Crippen LogP contribution >= 0.6 is 24.8 Å². The average molecular weight is 503 g/mol. The molecule has 0 amide bonds. The molecule has 0 spiro atoms. The van der Waals surface area contributed by atoms with Gasteiger partial charge in [-0.3, -0.25) is 0 Å². The summed E-state index contributed by atoms with van der Waals surface area (Å²) in [5, 5.41) is 0. The van der Waals surface area contributed by atoms with Crippen LogP contribution in [0, 0.1) is 0 Å². The SMILES string of the molecule is C[C](C)=[Zr]([C]1=C(c2ccoc2)C=CC1)[c]1cccc2c1Cc1ccccc1-2.Cl.Cl. The minimum atomic E-state index is -2.13. The van der Waals surface area contributed by atoms with Gasteiger partial charge >= 0.3 is 169 Å². The maximum absolute atomic E-state index is 5.38. The molecule has 0 saturated heterocycles. The van der Waals surface area contributed by atoms with E-state index in [1.807, 2.05) is 6.26 Å². The molecule has 0 aliphatic heterocycles. The van der Waals surface area contributed by atoms with Crippen molar-refractivity contribution in [2.24, 2.45) is 0 Å². The summed E-state index contributed by atoms with van der Waals surface area (Å²) in [7, 11) is 0. The zero-order chi connectivity index (χ0) is 18.4. The first-order chi connectivity index (χ1) is 13.2. The molecule has 2 aromatic carbocycles. The van der Waals surface area contributed by atoms with Crippen molar-refractivity contribution >= 4 is 36.9 Å². The van der Waals surface area contributed by atoms with Crippen molar-refractivity contribution in [3.8, 4) is 11.1 Å². The summed E-state index contributed by atoms with van der Waals surface area (Å²) in [6.07, 6.45) is 10.5. The second-order valence-corrected chi connectivity index (χ2v) is 14.7. The molecule has 1 heterocycles. The van der Waals surface area contributed by atoms with Gasteiger partial charge in [0.25, 0.3) is 0 Å². The minimum absolute atomic E-state index is 0. The summed E-state index contributed by atoms with van der Waals surface area (Å²) in [6, 6.07) is 18.0. The fourth-order valence-corrected chi connectivity index (χ4v) is 12.1. The van der Waals surface area contributed by atoms with Gasteiger partial charge in [0.05, 0.1) is 0 Å². The number of halogens is 2. The predicted octanol–water partition coefficient (Wildman–Crippen LogP) is 6.52. The molecule has 0 fully saturated rings. The molecule has 0 atom stereocenters. The van der Waals surface area contributed by atoms with Gasteiger partial charge < -0.3 is 0 Å². The molecule has 2 aliphatic rings. The number of hydrogen-bond donors (Lipinski definition) is 0. The first kappa shape index (κ1) is 22.2. The molecule has 1 nitrogen and oxygen atoms in total. The number of furan rings is 1. The van der Waals surface area contributed by atoms with Crippen molar-refractivity contribution in [1.29, 1.82) is 0 Å². The second-order valence-electron chi connectivity index (χ2n) is 7.55. The predicted molar refractivity (Wildman–Crippen MR) is 125 cm³/mol. The standard InChI is InChI=1S/C13H9.C9H7O.C3H6.2ClH.Zr/c1-3-7-12-10(5-1)9-11-6-2-4-8-13(11)12;1-2-4-8(3-1)9-5-6-10-7-9;1-3-2;;;/h1-5,7-8H,9H2;1,3,5-7H,2H2;1-2H3;2*1H;. The van der Waals surface area contributed by atoms with Crippen LogP contribution in [-0.2, 0) is 27.7 Å². The summed E-state index contributed by atoms with van der Waals surface area (Å²) >= 11 is -2.13. The molecule has 0 unspecified atom stereocenters. The van der Waals surface area contributed by atoms with Crippen LogP contribution in [0.25, 0.3) is 16.7 Å². The van der Waals surface area contributed by atoms with Gasteiger partial charge in [-0.15, -0.1) is 24.8 Å². The Morgan fingerprint density at radius 2 is 1.72 bits per heavy atom. The topological polar surface area (TPSA) is 13.1 Å². The quantitative estimate of drug-likeness (QED) is 0.311. The van der Waals surface area contributed by atoms with Gasteiger partial charge in [0.1, 0.15) is 0 Å². The van der Waals surface area contributed by atoms with E-state index in [-0.39, 0.29) is 24.8 Å². The van der Waals surface area contributed by atoms with Crippen LogP contribution in [0.15, 0.2) is 80.9 Å². The smallest absolute Gasteiger partial charge is 0.147 e. The molecule has 148 valence electrons. The van der Waals surface area contributed by atoms with Crippen molar-refractivity contribution in [3.05, 3.63) is 93.2 Å². The van der Waals surface area contributed by atoms with E-state index in [1.165, 1.54) is 27.8 Å². The Morgan fingerprint density at radius 1 is 0.931 bits per heavy atom. The molecule has 5 rings (SSSR count). The number of fused-ring (bicyclic) bond motifs is 3. The minimum Gasteiger partial charge on any atom is -0.147 e. The summed E-state index contributed by atoms with van der Waals surface area (Å²) in [6.45, 7) is 4.71. The molecule has 0 bridgehead atoms. The maximum atomic E-state index is 5.38. The Morgan fingerprint density at radius 3 is 2.48 bits per heavy atom. The summed E-state index contributed by atoms with van der Waals surface area (Å²) in [4.78, 5) is 0. The number of allylic oxidation sites excluding steroid dienone is 4. The van der Waals surface area contributed by atoms with E-state index in [1.54, 1.807) is 21.6 Å². The van der Waals surface area contributed by atoms with Gasteiger partial charge in [-0.25, -0.2) is 0 Å². The van der Waals surface area contributed by atoms with Crippen LogP contribution in [0.3, 0.4) is 0 Å². The van der Waals surface area contributed by atoms with E-state index in [2.05, 4.69) is 74.5 Å². The van der Waals surface area contributed by atoms with Crippen LogP contribution in [0.5, 0.6) is 0 Å². The van der Waals surface area contributed by atoms with Crippen LogP contribution < -0.4 is 3.27 Å². The van der Waals surface area contributed by atoms with Crippen molar-refractivity contribution in [2.75, 3.05) is 0 Å². The van der Waals surface area contributed by atoms with Crippen molar-refractivity contribution in [2.45, 2.75) is 26.7 Å². The van der Waals surface area contributed by atoms with Crippen LogP contribution in [-0.4, -0.2) is 3.21 Å². The van der Waals surface area contributed by atoms with Gasteiger partial charge in [0, 0.05) is 0 Å². The monoisotopic (exact) mass is 500 g/mol. The van der Waals surface area contributed by atoms with E-state index in [0.717, 1.165) is 12.8 Å². The zero-order valence-electron chi connectivity index (χ0n) is 16.6. The second kappa shape index (κ2) is 9.13. The number of rotatable bonds is 3. The Labute approximate surface area is 192 Å². The molecule has 0 N–H and O–H groups in total. The molecular weight excluding hydrogens is 478 g/mol. The van der Waals surface area contributed by atoms with E-state index in [0.29, 0.717) is 0 Å². The van der Waals surface area contributed by atoms with Crippen molar-refractivity contribution in [3.63, 3.8) is 0 Å². The van der Waals surface area contributed by atoms with Crippen LogP contribution in [0.1, 0.15) is 37.0 Å². The Bertz CT molecular complexity index is 1130. The zero-order valence-corrected chi connectivity index (χ0v) is 20.7. The van der Waals surface area contributed by atoms with E-state index >= 15 is 0 Å². The maximum Gasteiger partial charge on any atom is -0.147 e. The Hall–Kier alpha value is -1.47. The van der Waals surface area contributed by atoms with Crippen LogP contribution in [0.2, 0.25) is 0 Å². The molecule has 3 aromatic rings. The third kappa shape index (κ3) is 3.83. The molecule has 0 radical (unpaired) electrons. The molecule has 0 saturated carbocycles. The van der Waals surface area contributed by atoms with E-state index in [9.17, 15) is 0 Å². The van der Waals surface area contributed by atoms with E-state index in [4.69, 9.17) is 4.42 Å². The Kier molecular flexibility index (Phi) is 6.99. The van der Waals surface area contributed by atoms with Crippen molar-refractivity contribution in [1.82, 2.24) is 0 Å². The fraction of sp³-hybridized carbons (Fsp3) is 0.160. The molecule has 4 heteroatoms. The molecule has 2 aliphatic carbocycles. The van der Waals surface area contributed by atoms with Gasteiger partial charge in [0.15, 0.2) is 0 Å². The summed E-state index contributed by atoms with van der Waals surface area (Å²) in [5.74, 6) is 0. The Balaban J connectivity index is 0.00000120. The summed E-state index contributed by atoms with van der Waals surface area (Å²) < 4.78 is 10.4. The third-order valence-electron chi connectivity index (χ3n) is 5.69. The molecular formula is C25H24Cl2OZr. The first-order valence-corrected chi connectivity index (χ1v) is 13.2. The average Bonchev–Trinajstić information content (AvgIpc) is 3.41. The fourth-order valence-electron chi connectivity index (χ4n) is 4.56.